The van der Waals surface area contributed by atoms with Gasteiger partial charge in [-0.15, -0.1) is 0 Å². The molecule has 0 N–H and O–H groups in total. The monoisotopic (exact) mass is 407 g/mol. The zero-order valence-corrected chi connectivity index (χ0v) is 17.6. The van der Waals surface area contributed by atoms with E-state index < -0.39 is 0 Å². The number of anilines is 1. The van der Waals surface area contributed by atoms with Gasteiger partial charge >= 0.3 is 0 Å². The van der Waals surface area contributed by atoms with E-state index in [2.05, 4.69) is 21.8 Å². The van der Waals surface area contributed by atoms with Gasteiger partial charge in [-0.3, -0.25) is 9.78 Å². The Balaban J connectivity index is 1.29. The van der Waals surface area contributed by atoms with E-state index in [-0.39, 0.29) is 11.5 Å². The van der Waals surface area contributed by atoms with E-state index in [1.165, 1.54) is 12.8 Å². The van der Waals surface area contributed by atoms with Gasteiger partial charge in [0.2, 0.25) is 11.9 Å². The van der Waals surface area contributed by atoms with Crippen molar-refractivity contribution >= 4 is 11.9 Å². The Hall–Kier alpha value is -2.54. The van der Waals surface area contributed by atoms with Gasteiger partial charge in [0.05, 0.1) is 18.7 Å². The number of carbonyl (C=O) groups is 1. The van der Waals surface area contributed by atoms with Crippen LogP contribution in [0.3, 0.4) is 0 Å². The Bertz CT molecular complexity index is 911. The second-order valence-corrected chi connectivity index (χ2v) is 8.94. The van der Waals surface area contributed by atoms with Crippen molar-refractivity contribution in [3.8, 4) is 0 Å². The third-order valence-electron chi connectivity index (χ3n) is 6.73. The molecule has 1 spiro atoms. The third-order valence-corrected chi connectivity index (χ3v) is 6.73. The number of piperidine rings is 2. The first-order valence-corrected chi connectivity index (χ1v) is 11.0. The van der Waals surface area contributed by atoms with Gasteiger partial charge in [-0.25, -0.2) is 9.97 Å². The van der Waals surface area contributed by atoms with E-state index in [1.807, 2.05) is 23.2 Å². The normalized spacial score (nSPS) is 22.9. The van der Waals surface area contributed by atoms with E-state index in [4.69, 9.17) is 9.72 Å². The number of fused-ring (bicyclic) bond motifs is 2. The number of nitrogens with zero attached hydrogens (tertiary/aromatic N) is 5. The Morgan fingerprint density at radius 2 is 2.13 bits per heavy atom. The van der Waals surface area contributed by atoms with Crippen LogP contribution in [-0.2, 0) is 28.2 Å². The van der Waals surface area contributed by atoms with Crippen molar-refractivity contribution < 1.29 is 9.53 Å². The highest BCUT2D eigenvalue weighted by atomic mass is 16.5. The zero-order valence-electron chi connectivity index (χ0n) is 17.6. The maximum atomic E-state index is 12.7. The molecule has 1 amide bonds. The van der Waals surface area contributed by atoms with E-state index in [9.17, 15) is 4.79 Å². The minimum absolute atomic E-state index is 0.154. The molecule has 1 atom stereocenters. The lowest BCUT2D eigenvalue weighted by molar-refractivity contribution is -0.137. The molecule has 1 unspecified atom stereocenters. The maximum Gasteiger partial charge on any atom is 0.227 e. The maximum absolute atomic E-state index is 12.7. The van der Waals surface area contributed by atoms with Crippen molar-refractivity contribution in [2.24, 2.45) is 5.92 Å². The number of likely N-dealkylation sites (tertiary alicyclic amines) is 1. The van der Waals surface area contributed by atoms with Crippen LogP contribution in [0, 0.1) is 5.92 Å². The number of amides is 1. The van der Waals surface area contributed by atoms with Crippen LogP contribution in [-0.4, -0.2) is 51.9 Å². The summed E-state index contributed by atoms with van der Waals surface area (Å²) in [6.07, 6.45) is 9.88. The summed E-state index contributed by atoms with van der Waals surface area (Å²) in [5.41, 5.74) is 2.72. The fourth-order valence-corrected chi connectivity index (χ4v) is 4.99. The van der Waals surface area contributed by atoms with Crippen molar-refractivity contribution in [1.29, 1.82) is 0 Å². The van der Waals surface area contributed by atoms with Crippen molar-refractivity contribution in [3.05, 3.63) is 47.5 Å². The lowest BCUT2D eigenvalue weighted by atomic mass is 9.87. The first-order chi connectivity index (χ1) is 14.6. The molecule has 2 saturated heterocycles. The molecule has 5 rings (SSSR count). The number of aromatic nitrogens is 3. The Morgan fingerprint density at radius 3 is 2.90 bits per heavy atom. The SMILES string of the molecule is CC1CCCN(c2ncc3c(n2)C2(CCN(C(=O)Cc4cccnc4)CC2)OC3)C1. The molecule has 30 heavy (non-hydrogen) atoms. The van der Waals surface area contributed by atoms with Gasteiger partial charge in [0.15, 0.2) is 0 Å². The summed E-state index contributed by atoms with van der Waals surface area (Å²) in [5.74, 6) is 1.66. The molecule has 7 nitrogen and oxygen atoms in total. The number of ether oxygens (including phenoxy) is 1. The molecule has 3 aliphatic heterocycles. The molecule has 0 saturated carbocycles. The first kappa shape index (κ1) is 19.4. The van der Waals surface area contributed by atoms with Crippen LogP contribution < -0.4 is 4.90 Å². The second-order valence-electron chi connectivity index (χ2n) is 8.94. The van der Waals surface area contributed by atoms with Gasteiger partial charge in [-0.05, 0) is 43.2 Å². The fraction of sp³-hybridized carbons (Fsp3) is 0.565. The summed E-state index contributed by atoms with van der Waals surface area (Å²) >= 11 is 0. The van der Waals surface area contributed by atoms with Crippen molar-refractivity contribution in [2.75, 3.05) is 31.1 Å². The number of hydrogen-bond acceptors (Lipinski definition) is 6. The topological polar surface area (TPSA) is 71.5 Å². The van der Waals surface area contributed by atoms with E-state index in [1.54, 1.807) is 12.4 Å². The van der Waals surface area contributed by atoms with E-state index >= 15 is 0 Å². The van der Waals surface area contributed by atoms with Crippen molar-refractivity contribution in [3.63, 3.8) is 0 Å². The van der Waals surface area contributed by atoms with Crippen LogP contribution in [0.4, 0.5) is 5.95 Å². The summed E-state index contributed by atoms with van der Waals surface area (Å²) in [7, 11) is 0. The molecule has 2 aromatic heterocycles. The molecule has 0 aliphatic carbocycles. The molecule has 2 aromatic rings. The van der Waals surface area contributed by atoms with Crippen molar-refractivity contribution in [2.45, 2.75) is 51.2 Å². The zero-order chi connectivity index (χ0) is 20.6. The number of pyridine rings is 1. The highest BCUT2D eigenvalue weighted by Crippen LogP contribution is 2.43. The summed E-state index contributed by atoms with van der Waals surface area (Å²) in [6.45, 7) is 6.28. The Morgan fingerprint density at radius 1 is 1.27 bits per heavy atom. The summed E-state index contributed by atoms with van der Waals surface area (Å²) in [5, 5.41) is 0. The lowest BCUT2D eigenvalue weighted by Crippen LogP contribution is -2.46. The van der Waals surface area contributed by atoms with Crippen LogP contribution in [0.1, 0.15) is 49.4 Å². The van der Waals surface area contributed by atoms with Gasteiger partial charge in [-0.2, -0.15) is 0 Å². The van der Waals surface area contributed by atoms with Gasteiger partial charge in [0.25, 0.3) is 0 Å². The highest BCUT2D eigenvalue weighted by Gasteiger charge is 2.45. The fourth-order valence-electron chi connectivity index (χ4n) is 4.99. The van der Waals surface area contributed by atoms with Gasteiger partial charge in [0, 0.05) is 50.3 Å². The van der Waals surface area contributed by atoms with Gasteiger partial charge in [-0.1, -0.05) is 13.0 Å². The van der Waals surface area contributed by atoms with Crippen molar-refractivity contribution in [1.82, 2.24) is 19.9 Å². The smallest absolute Gasteiger partial charge is 0.227 e. The molecule has 158 valence electrons. The minimum Gasteiger partial charge on any atom is -0.364 e. The molecule has 3 aliphatic rings. The second kappa shape index (κ2) is 7.95. The predicted molar refractivity (Wildman–Crippen MR) is 113 cm³/mol. The Labute approximate surface area is 177 Å². The molecule has 0 radical (unpaired) electrons. The largest absolute Gasteiger partial charge is 0.364 e. The molecular formula is C23H29N5O2. The lowest BCUT2D eigenvalue weighted by Gasteiger charge is -2.39. The molecule has 2 fully saturated rings. The Kier molecular flexibility index (Phi) is 5.15. The van der Waals surface area contributed by atoms with Gasteiger partial charge < -0.3 is 14.5 Å². The molecule has 0 aromatic carbocycles. The summed E-state index contributed by atoms with van der Waals surface area (Å²) in [4.78, 5) is 30.8. The number of rotatable bonds is 3. The summed E-state index contributed by atoms with van der Waals surface area (Å²) < 4.78 is 6.29. The van der Waals surface area contributed by atoms with Crippen LogP contribution in [0.15, 0.2) is 30.7 Å². The molecule has 5 heterocycles. The standard InChI is InChI=1S/C23H29N5O2/c1-17-4-3-9-28(15-17)22-25-14-19-16-30-23(21(19)26-22)6-10-27(11-7-23)20(29)12-18-5-2-8-24-13-18/h2,5,8,13-14,17H,3-4,6-7,9-12,15-16H2,1H3. The van der Waals surface area contributed by atoms with Crippen LogP contribution in [0.25, 0.3) is 0 Å². The molecular weight excluding hydrogens is 378 g/mol. The van der Waals surface area contributed by atoms with Crippen LogP contribution >= 0.6 is 0 Å². The molecule has 7 heteroatoms. The number of hydrogen-bond donors (Lipinski definition) is 0. The van der Waals surface area contributed by atoms with E-state index in [0.717, 1.165) is 48.7 Å². The molecule has 0 bridgehead atoms. The van der Waals surface area contributed by atoms with Crippen LogP contribution in [0.5, 0.6) is 0 Å². The predicted octanol–water partition coefficient (Wildman–Crippen LogP) is 2.70. The third kappa shape index (κ3) is 3.67. The summed E-state index contributed by atoms with van der Waals surface area (Å²) in [6, 6.07) is 3.82. The number of carbonyl (C=O) groups excluding carboxylic acids is 1. The average Bonchev–Trinajstić information content (AvgIpc) is 3.12. The highest BCUT2D eigenvalue weighted by molar-refractivity contribution is 5.78. The minimum atomic E-state index is -0.375. The first-order valence-electron chi connectivity index (χ1n) is 11.0. The van der Waals surface area contributed by atoms with E-state index in [0.29, 0.717) is 32.0 Å². The average molecular weight is 408 g/mol. The quantitative estimate of drug-likeness (QED) is 0.779. The van der Waals surface area contributed by atoms with Crippen LogP contribution in [0.2, 0.25) is 0 Å². The van der Waals surface area contributed by atoms with Gasteiger partial charge in [0.1, 0.15) is 5.60 Å².